The van der Waals surface area contributed by atoms with Crippen molar-refractivity contribution in [3.8, 4) is 5.69 Å². The highest BCUT2D eigenvalue weighted by Gasteiger charge is 2.14. The van der Waals surface area contributed by atoms with Crippen molar-refractivity contribution >= 4 is 22.7 Å². The average Bonchev–Trinajstić information content (AvgIpc) is 3.16. The number of nitrogens with zero attached hydrogens (tertiary/aromatic N) is 3. The highest BCUT2D eigenvalue weighted by atomic mass is 32.2. The van der Waals surface area contributed by atoms with Crippen LogP contribution in [0.3, 0.4) is 0 Å². The molecule has 2 aromatic heterocycles. The van der Waals surface area contributed by atoms with Crippen molar-refractivity contribution in [3.63, 3.8) is 0 Å². The van der Waals surface area contributed by atoms with E-state index in [4.69, 9.17) is 9.51 Å². The molecular formula is C23H23N3O2S. The molecule has 29 heavy (non-hydrogen) atoms. The van der Waals surface area contributed by atoms with Gasteiger partial charge in [0.2, 0.25) is 0 Å². The summed E-state index contributed by atoms with van der Waals surface area (Å²) in [5.74, 6) is 1.35. The molecule has 0 aliphatic rings. The first-order valence-electron chi connectivity index (χ1n) is 9.82. The van der Waals surface area contributed by atoms with E-state index in [0.29, 0.717) is 21.8 Å². The average molecular weight is 406 g/mol. The molecule has 0 aliphatic carbocycles. The van der Waals surface area contributed by atoms with Gasteiger partial charge >= 0.3 is 0 Å². The van der Waals surface area contributed by atoms with Crippen LogP contribution in [0, 0.1) is 6.92 Å². The lowest BCUT2D eigenvalue weighted by molar-refractivity contribution is 0.393. The van der Waals surface area contributed by atoms with Crippen LogP contribution in [0.1, 0.15) is 36.8 Å². The standard InChI is InChI=1S/C23H23N3O2S/c1-3-4-7-17-10-12-19(13-11-17)26-22(27)20-8-5-6-9-21(20)24-23(26)29-15-18-14-16(2)28-25-18/h5-6,8-14H,3-4,7,15H2,1-2H3. The topological polar surface area (TPSA) is 60.9 Å². The van der Waals surface area contributed by atoms with Gasteiger partial charge in [0.05, 0.1) is 22.3 Å². The van der Waals surface area contributed by atoms with Gasteiger partial charge in [0.15, 0.2) is 5.16 Å². The van der Waals surface area contributed by atoms with Crippen molar-refractivity contribution in [1.29, 1.82) is 0 Å². The van der Waals surface area contributed by atoms with E-state index in [1.165, 1.54) is 17.3 Å². The fraction of sp³-hybridized carbons (Fsp3) is 0.261. The van der Waals surface area contributed by atoms with Crippen LogP contribution in [0.4, 0.5) is 0 Å². The molecule has 2 aromatic carbocycles. The molecule has 0 fully saturated rings. The molecule has 0 atom stereocenters. The van der Waals surface area contributed by atoms with E-state index in [1.807, 2.05) is 49.4 Å². The number of unbranched alkanes of at least 4 members (excludes halogenated alkanes) is 1. The monoisotopic (exact) mass is 405 g/mol. The molecule has 4 rings (SSSR count). The Kier molecular flexibility index (Phi) is 5.81. The molecule has 0 N–H and O–H groups in total. The first-order valence-corrected chi connectivity index (χ1v) is 10.8. The Hall–Kier alpha value is -2.86. The van der Waals surface area contributed by atoms with Gasteiger partial charge in [0.25, 0.3) is 5.56 Å². The molecule has 0 bridgehead atoms. The van der Waals surface area contributed by atoms with Crippen LogP contribution in [0.25, 0.3) is 16.6 Å². The number of fused-ring (bicyclic) bond motifs is 1. The van der Waals surface area contributed by atoms with Crippen LogP contribution < -0.4 is 5.56 Å². The number of aryl methyl sites for hydroxylation is 2. The van der Waals surface area contributed by atoms with Crippen LogP contribution in [0.15, 0.2) is 69.1 Å². The number of benzene rings is 2. The van der Waals surface area contributed by atoms with Gasteiger partial charge in [0.1, 0.15) is 5.76 Å². The molecule has 5 nitrogen and oxygen atoms in total. The number of para-hydroxylation sites is 1. The first kappa shape index (κ1) is 19.5. The molecule has 0 radical (unpaired) electrons. The molecule has 148 valence electrons. The number of hydrogen-bond acceptors (Lipinski definition) is 5. The second-order valence-corrected chi connectivity index (χ2v) is 7.98. The van der Waals surface area contributed by atoms with Gasteiger partial charge in [-0.05, 0) is 49.6 Å². The molecule has 0 aliphatic heterocycles. The second kappa shape index (κ2) is 8.66. The lowest BCUT2D eigenvalue weighted by atomic mass is 10.1. The van der Waals surface area contributed by atoms with E-state index in [-0.39, 0.29) is 5.56 Å². The van der Waals surface area contributed by atoms with Crippen LogP contribution in [0.5, 0.6) is 0 Å². The molecule has 2 heterocycles. The largest absolute Gasteiger partial charge is 0.361 e. The molecule has 4 aromatic rings. The van der Waals surface area contributed by atoms with Gasteiger partial charge < -0.3 is 4.52 Å². The lowest BCUT2D eigenvalue weighted by Crippen LogP contribution is -2.21. The van der Waals surface area contributed by atoms with Gasteiger partial charge in [-0.2, -0.15) is 0 Å². The maximum Gasteiger partial charge on any atom is 0.266 e. The van der Waals surface area contributed by atoms with E-state index in [9.17, 15) is 4.79 Å². The number of rotatable bonds is 7. The van der Waals surface area contributed by atoms with E-state index < -0.39 is 0 Å². The summed E-state index contributed by atoms with van der Waals surface area (Å²) in [5, 5.41) is 5.31. The molecule has 0 unspecified atom stereocenters. The number of aromatic nitrogens is 3. The van der Waals surface area contributed by atoms with Crippen molar-refractivity contribution < 1.29 is 4.52 Å². The fourth-order valence-corrected chi connectivity index (χ4v) is 4.15. The molecule has 0 amide bonds. The van der Waals surface area contributed by atoms with Gasteiger partial charge in [-0.15, -0.1) is 0 Å². The Balaban J connectivity index is 1.75. The van der Waals surface area contributed by atoms with E-state index >= 15 is 0 Å². The maximum absolute atomic E-state index is 13.3. The SMILES string of the molecule is CCCCc1ccc(-n2c(SCc3cc(C)on3)nc3ccccc3c2=O)cc1. The fourth-order valence-electron chi connectivity index (χ4n) is 3.25. The predicted molar refractivity (Wildman–Crippen MR) is 117 cm³/mol. The molecular weight excluding hydrogens is 382 g/mol. The maximum atomic E-state index is 13.3. The summed E-state index contributed by atoms with van der Waals surface area (Å²) in [5.41, 5.74) is 3.58. The van der Waals surface area contributed by atoms with Crippen LogP contribution in [0.2, 0.25) is 0 Å². The molecule has 0 saturated heterocycles. The highest BCUT2D eigenvalue weighted by Crippen LogP contribution is 2.25. The van der Waals surface area contributed by atoms with Crippen LogP contribution in [-0.2, 0) is 12.2 Å². The molecule has 0 spiro atoms. The summed E-state index contributed by atoms with van der Waals surface area (Å²) in [6, 6.07) is 17.6. The summed E-state index contributed by atoms with van der Waals surface area (Å²) in [7, 11) is 0. The van der Waals surface area contributed by atoms with Crippen molar-refractivity contribution in [1.82, 2.24) is 14.7 Å². The molecule has 6 heteroatoms. The zero-order valence-electron chi connectivity index (χ0n) is 16.6. The van der Waals surface area contributed by atoms with Crippen molar-refractivity contribution in [2.24, 2.45) is 0 Å². The third-order valence-electron chi connectivity index (χ3n) is 4.78. The minimum absolute atomic E-state index is 0.0595. The predicted octanol–water partition coefficient (Wildman–Crippen LogP) is 5.32. The summed E-state index contributed by atoms with van der Waals surface area (Å²) in [6.07, 6.45) is 3.38. The van der Waals surface area contributed by atoms with Gasteiger partial charge in [-0.1, -0.05) is 54.5 Å². The van der Waals surface area contributed by atoms with Gasteiger partial charge in [0, 0.05) is 11.8 Å². The normalized spacial score (nSPS) is 11.2. The smallest absolute Gasteiger partial charge is 0.266 e. The minimum Gasteiger partial charge on any atom is -0.361 e. The minimum atomic E-state index is -0.0595. The van der Waals surface area contributed by atoms with E-state index in [1.54, 1.807) is 4.57 Å². The third kappa shape index (κ3) is 4.27. The molecule has 0 saturated carbocycles. The van der Waals surface area contributed by atoms with Crippen LogP contribution in [-0.4, -0.2) is 14.7 Å². The van der Waals surface area contributed by atoms with Crippen molar-refractivity contribution in [2.75, 3.05) is 0 Å². The Labute approximate surface area is 173 Å². The van der Waals surface area contributed by atoms with E-state index in [2.05, 4.69) is 24.2 Å². The zero-order valence-corrected chi connectivity index (χ0v) is 17.4. The van der Waals surface area contributed by atoms with E-state index in [0.717, 1.165) is 36.4 Å². The number of hydrogen-bond donors (Lipinski definition) is 0. The number of thioether (sulfide) groups is 1. The zero-order chi connectivity index (χ0) is 20.2. The summed E-state index contributed by atoms with van der Waals surface area (Å²) < 4.78 is 6.85. The highest BCUT2D eigenvalue weighted by molar-refractivity contribution is 7.98. The second-order valence-electron chi connectivity index (χ2n) is 7.04. The quantitative estimate of drug-likeness (QED) is 0.308. The Morgan fingerprint density at radius 1 is 1.10 bits per heavy atom. The van der Waals surface area contributed by atoms with Gasteiger partial charge in [-0.25, -0.2) is 4.98 Å². The third-order valence-corrected chi connectivity index (χ3v) is 5.76. The van der Waals surface area contributed by atoms with Crippen LogP contribution >= 0.6 is 11.8 Å². The lowest BCUT2D eigenvalue weighted by Gasteiger charge is -2.13. The Morgan fingerprint density at radius 2 is 1.90 bits per heavy atom. The summed E-state index contributed by atoms with van der Waals surface area (Å²) >= 11 is 1.48. The summed E-state index contributed by atoms with van der Waals surface area (Å²) in [6.45, 7) is 4.06. The summed E-state index contributed by atoms with van der Waals surface area (Å²) in [4.78, 5) is 18.1. The first-order chi connectivity index (χ1) is 14.2. The Bertz CT molecular complexity index is 1180. The van der Waals surface area contributed by atoms with Gasteiger partial charge in [-0.3, -0.25) is 9.36 Å². The van der Waals surface area contributed by atoms with Crippen molar-refractivity contribution in [2.45, 2.75) is 44.0 Å². The Morgan fingerprint density at radius 3 is 2.62 bits per heavy atom. The van der Waals surface area contributed by atoms with Crippen molar-refractivity contribution in [3.05, 3.63) is 82.0 Å².